The van der Waals surface area contributed by atoms with Crippen LogP contribution in [0.25, 0.3) is 22.5 Å². The highest BCUT2D eigenvalue weighted by atomic mass is 16.6. The minimum Gasteiger partial charge on any atom is -0.631 e. The van der Waals surface area contributed by atoms with Gasteiger partial charge in [0, 0.05) is 17.7 Å². The summed E-state index contributed by atoms with van der Waals surface area (Å²) in [7, 11) is 0. The van der Waals surface area contributed by atoms with E-state index in [0.717, 1.165) is 35.2 Å². The van der Waals surface area contributed by atoms with Crippen molar-refractivity contribution in [1.82, 2.24) is 31.1 Å². The minimum absolute atomic E-state index is 0.258. The quantitative estimate of drug-likeness (QED) is 0.347. The van der Waals surface area contributed by atoms with E-state index in [2.05, 4.69) is 50.1 Å². The number of hydroxylamine groups is 3. The summed E-state index contributed by atoms with van der Waals surface area (Å²) < 4.78 is -0.258. The van der Waals surface area contributed by atoms with Crippen molar-refractivity contribution >= 4 is 0 Å². The van der Waals surface area contributed by atoms with E-state index in [-0.39, 0.29) is 4.65 Å². The highest BCUT2D eigenvalue weighted by molar-refractivity contribution is 5.80. The van der Waals surface area contributed by atoms with Gasteiger partial charge in [0.05, 0.1) is 0 Å². The Morgan fingerprint density at radius 3 is 2.59 bits per heavy atom. The Hall–Kier alpha value is -2.65. The molecule has 2 aromatic carbocycles. The lowest BCUT2D eigenvalue weighted by Crippen LogP contribution is -2.40. The van der Waals surface area contributed by atoms with Gasteiger partial charge < -0.3 is 9.85 Å². The molecule has 4 rings (SSSR count). The molecule has 1 unspecified atom stereocenters. The van der Waals surface area contributed by atoms with Gasteiger partial charge in [-0.15, -0.1) is 5.10 Å². The first-order valence-electron chi connectivity index (χ1n) is 10.1. The second-order valence-corrected chi connectivity index (χ2v) is 7.64. The fourth-order valence-electron chi connectivity index (χ4n) is 3.79. The monoisotopic (exact) mass is 393 g/mol. The van der Waals surface area contributed by atoms with Gasteiger partial charge in [-0.25, -0.2) is 10.5 Å². The van der Waals surface area contributed by atoms with Crippen molar-refractivity contribution in [2.24, 2.45) is 0 Å². The summed E-state index contributed by atoms with van der Waals surface area (Å²) in [5.41, 5.74) is 7.37. The van der Waals surface area contributed by atoms with Crippen LogP contribution in [0.1, 0.15) is 31.7 Å². The molecule has 1 aromatic heterocycles. The fourth-order valence-corrected chi connectivity index (χ4v) is 3.79. The summed E-state index contributed by atoms with van der Waals surface area (Å²) in [6, 6.07) is 16.2. The van der Waals surface area contributed by atoms with Gasteiger partial charge in [-0.3, -0.25) is 0 Å². The first-order chi connectivity index (χ1) is 14.2. The van der Waals surface area contributed by atoms with Gasteiger partial charge in [0.25, 0.3) is 0 Å². The van der Waals surface area contributed by atoms with Crippen molar-refractivity contribution in [3.8, 4) is 22.5 Å². The molecule has 2 N–H and O–H groups in total. The molecule has 1 aliphatic rings. The number of aromatic nitrogens is 4. The summed E-state index contributed by atoms with van der Waals surface area (Å²) in [6.07, 6.45) is 3.51. The Labute approximate surface area is 170 Å². The fraction of sp³-hybridized carbons (Fsp3) is 0.381. The van der Waals surface area contributed by atoms with Gasteiger partial charge in [-0.05, 0) is 28.0 Å². The van der Waals surface area contributed by atoms with E-state index in [1.165, 1.54) is 12.8 Å². The van der Waals surface area contributed by atoms with Crippen LogP contribution in [0.4, 0.5) is 0 Å². The number of aromatic amines is 1. The summed E-state index contributed by atoms with van der Waals surface area (Å²) in [4.78, 5) is 0. The summed E-state index contributed by atoms with van der Waals surface area (Å²) in [5.74, 6) is 0.639. The topological polar surface area (TPSA) is 92.8 Å². The van der Waals surface area contributed by atoms with E-state index in [1.54, 1.807) is 0 Å². The zero-order valence-electron chi connectivity index (χ0n) is 16.7. The van der Waals surface area contributed by atoms with E-state index in [4.69, 9.17) is 0 Å². The number of H-pyrrole nitrogens is 1. The van der Waals surface area contributed by atoms with E-state index in [0.29, 0.717) is 25.7 Å². The summed E-state index contributed by atoms with van der Waals surface area (Å²) in [6.45, 7) is 4.51. The van der Waals surface area contributed by atoms with Gasteiger partial charge in [0.1, 0.15) is 19.9 Å². The third kappa shape index (κ3) is 4.68. The van der Waals surface area contributed by atoms with Crippen LogP contribution in [0.15, 0.2) is 48.5 Å². The molecule has 2 heterocycles. The molecule has 1 saturated heterocycles. The van der Waals surface area contributed by atoms with E-state index >= 15 is 0 Å². The predicted molar refractivity (Wildman–Crippen MR) is 111 cm³/mol. The molecular weight excluding hydrogens is 366 g/mol. The van der Waals surface area contributed by atoms with Gasteiger partial charge in [-0.1, -0.05) is 68.3 Å². The van der Waals surface area contributed by atoms with E-state index in [9.17, 15) is 5.21 Å². The molecule has 1 aliphatic heterocycles. The van der Waals surface area contributed by atoms with Crippen LogP contribution in [0.5, 0.6) is 0 Å². The first kappa shape index (κ1) is 19.7. The first-order valence-corrected chi connectivity index (χ1v) is 10.1. The SMILES string of the molecule is CCCCCN1C[N+]([O-])(Cc2ccc(-c3ccccc3-c3nnn[nH]3)cc2)CN1. The van der Waals surface area contributed by atoms with Gasteiger partial charge >= 0.3 is 0 Å². The Bertz CT molecular complexity index is 913. The molecule has 0 radical (unpaired) electrons. The van der Waals surface area contributed by atoms with Gasteiger partial charge in [0.2, 0.25) is 0 Å². The lowest BCUT2D eigenvalue weighted by atomic mass is 9.98. The van der Waals surface area contributed by atoms with Crippen LogP contribution >= 0.6 is 0 Å². The third-order valence-electron chi connectivity index (χ3n) is 5.31. The van der Waals surface area contributed by atoms with Crippen LogP contribution in [0.2, 0.25) is 0 Å². The Morgan fingerprint density at radius 1 is 1.07 bits per heavy atom. The molecule has 0 aliphatic carbocycles. The second-order valence-electron chi connectivity index (χ2n) is 7.64. The molecule has 0 spiro atoms. The van der Waals surface area contributed by atoms with E-state index < -0.39 is 0 Å². The Morgan fingerprint density at radius 2 is 1.86 bits per heavy atom. The molecule has 8 heteroatoms. The maximum atomic E-state index is 13.1. The highest BCUT2D eigenvalue weighted by Gasteiger charge is 2.28. The number of benzene rings is 2. The molecule has 1 atom stereocenters. The lowest BCUT2D eigenvalue weighted by Gasteiger charge is -2.37. The molecule has 0 saturated carbocycles. The summed E-state index contributed by atoms with van der Waals surface area (Å²) in [5, 5.41) is 29.4. The number of nitrogens with one attached hydrogen (secondary N) is 2. The predicted octanol–water partition coefficient (Wildman–Crippen LogP) is 3.27. The molecular formula is C21H27N7O. The molecule has 29 heavy (non-hydrogen) atoms. The van der Waals surface area contributed by atoms with Crippen molar-refractivity contribution in [3.05, 3.63) is 59.3 Å². The van der Waals surface area contributed by atoms with Crippen LogP contribution in [-0.4, -0.2) is 50.2 Å². The number of unbranched alkanes of at least 4 members (excludes halogenated alkanes) is 2. The molecule has 1 fully saturated rings. The average Bonchev–Trinajstić information content (AvgIpc) is 3.39. The van der Waals surface area contributed by atoms with Crippen LogP contribution in [-0.2, 0) is 6.54 Å². The molecule has 152 valence electrons. The largest absolute Gasteiger partial charge is 0.631 e. The standard InChI is InChI=1S/C21H27N7O/c1-2-3-6-13-27-16-28(29,15-22-27)14-17-9-11-18(12-10-17)19-7-4-5-8-20(19)21-23-25-26-24-21/h4-5,7-12,22H,2-3,6,13-16H2,1H3,(H,23,24,25,26). The number of hydrogen-bond donors (Lipinski definition) is 2. The van der Waals surface area contributed by atoms with Crippen molar-refractivity contribution in [3.63, 3.8) is 0 Å². The number of hydrogen-bond acceptors (Lipinski definition) is 6. The molecule has 0 amide bonds. The van der Waals surface area contributed by atoms with Gasteiger partial charge in [-0.2, -0.15) is 5.01 Å². The second kappa shape index (κ2) is 8.79. The highest BCUT2D eigenvalue weighted by Crippen LogP contribution is 2.30. The van der Waals surface area contributed by atoms with Crippen LogP contribution < -0.4 is 5.43 Å². The maximum Gasteiger partial charge on any atom is 0.180 e. The van der Waals surface area contributed by atoms with Crippen molar-refractivity contribution in [2.75, 3.05) is 19.9 Å². The average molecular weight is 393 g/mol. The number of hydrazine groups is 1. The lowest BCUT2D eigenvalue weighted by molar-refractivity contribution is -0.887. The van der Waals surface area contributed by atoms with Crippen molar-refractivity contribution in [2.45, 2.75) is 32.7 Å². The van der Waals surface area contributed by atoms with Crippen molar-refractivity contribution < 1.29 is 4.65 Å². The molecule has 8 nitrogen and oxygen atoms in total. The number of quaternary nitrogens is 1. The molecule has 0 bridgehead atoms. The third-order valence-corrected chi connectivity index (χ3v) is 5.31. The van der Waals surface area contributed by atoms with Gasteiger partial charge in [0.15, 0.2) is 5.82 Å². The van der Waals surface area contributed by atoms with Crippen LogP contribution in [0.3, 0.4) is 0 Å². The zero-order valence-corrected chi connectivity index (χ0v) is 16.7. The number of tetrazole rings is 1. The normalized spacial score (nSPS) is 19.7. The minimum atomic E-state index is -0.258. The maximum absolute atomic E-state index is 13.1. The Kier molecular flexibility index (Phi) is 5.96. The van der Waals surface area contributed by atoms with Crippen molar-refractivity contribution in [1.29, 1.82) is 0 Å². The zero-order chi connectivity index (χ0) is 20.1. The molecule has 3 aromatic rings. The summed E-state index contributed by atoms with van der Waals surface area (Å²) >= 11 is 0. The van der Waals surface area contributed by atoms with Crippen LogP contribution in [0, 0.1) is 5.21 Å². The van der Waals surface area contributed by atoms with E-state index in [1.807, 2.05) is 36.4 Å². The Balaban J connectivity index is 1.44. The number of nitrogens with zero attached hydrogens (tertiary/aromatic N) is 5. The smallest absolute Gasteiger partial charge is 0.180 e. The number of rotatable bonds is 8.